The van der Waals surface area contributed by atoms with Crippen LogP contribution in [0.25, 0.3) is 0 Å². The average molecular weight is 367 g/mol. The molecule has 1 saturated carbocycles. The Labute approximate surface area is 130 Å². The van der Waals surface area contributed by atoms with Crippen LogP contribution in [0.1, 0.15) is 58.8 Å². The van der Waals surface area contributed by atoms with Crippen molar-refractivity contribution in [3.05, 3.63) is 0 Å². The summed E-state index contributed by atoms with van der Waals surface area (Å²) in [5.74, 6) is 2.00. The molecular weight excluding hydrogens is 337 g/mol. The van der Waals surface area contributed by atoms with Crippen molar-refractivity contribution in [2.45, 2.75) is 58.8 Å². The highest BCUT2D eigenvalue weighted by molar-refractivity contribution is 14.0. The molecule has 1 rings (SSSR count). The summed E-state index contributed by atoms with van der Waals surface area (Å²) in [4.78, 5) is 4.60. The summed E-state index contributed by atoms with van der Waals surface area (Å²) in [5, 5.41) is 6.73. The van der Waals surface area contributed by atoms with Gasteiger partial charge in [0.25, 0.3) is 0 Å². The van der Waals surface area contributed by atoms with Gasteiger partial charge >= 0.3 is 0 Å². The lowest BCUT2D eigenvalue weighted by Crippen LogP contribution is -2.38. The van der Waals surface area contributed by atoms with E-state index in [4.69, 9.17) is 0 Å². The highest BCUT2D eigenvalue weighted by Crippen LogP contribution is 2.31. The number of hydrogen-bond donors (Lipinski definition) is 2. The predicted molar refractivity (Wildman–Crippen MR) is 90.9 cm³/mol. The number of halogens is 1. The van der Waals surface area contributed by atoms with Crippen LogP contribution in [0.4, 0.5) is 0 Å². The SMILES string of the molecule is CCCCCCN=C(NCC)NCCC1CC1.I. The first-order valence-corrected chi connectivity index (χ1v) is 7.39. The second kappa shape index (κ2) is 12.1. The van der Waals surface area contributed by atoms with E-state index in [0.29, 0.717) is 0 Å². The minimum atomic E-state index is 0. The Morgan fingerprint density at radius 1 is 1.11 bits per heavy atom. The zero-order valence-corrected chi connectivity index (χ0v) is 14.3. The highest BCUT2D eigenvalue weighted by Gasteiger charge is 2.20. The minimum absolute atomic E-state index is 0. The van der Waals surface area contributed by atoms with Crippen LogP contribution in [0.5, 0.6) is 0 Å². The van der Waals surface area contributed by atoms with Gasteiger partial charge in [0.2, 0.25) is 0 Å². The third kappa shape index (κ3) is 9.97. The molecule has 0 radical (unpaired) electrons. The molecule has 108 valence electrons. The fourth-order valence-electron chi connectivity index (χ4n) is 1.87. The van der Waals surface area contributed by atoms with Crippen LogP contribution in [0, 0.1) is 5.92 Å². The monoisotopic (exact) mass is 367 g/mol. The van der Waals surface area contributed by atoms with Crippen LogP contribution in [-0.2, 0) is 0 Å². The van der Waals surface area contributed by atoms with Crippen molar-refractivity contribution in [3.8, 4) is 0 Å². The predicted octanol–water partition coefficient (Wildman–Crippen LogP) is 3.54. The third-order valence-electron chi connectivity index (χ3n) is 3.17. The van der Waals surface area contributed by atoms with Gasteiger partial charge in [-0.15, -0.1) is 24.0 Å². The Bertz CT molecular complexity index is 215. The van der Waals surface area contributed by atoms with Crippen molar-refractivity contribution < 1.29 is 0 Å². The van der Waals surface area contributed by atoms with Crippen molar-refractivity contribution in [1.82, 2.24) is 10.6 Å². The molecule has 18 heavy (non-hydrogen) atoms. The van der Waals surface area contributed by atoms with Gasteiger partial charge in [-0.05, 0) is 25.7 Å². The van der Waals surface area contributed by atoms with Crippen LogP contribution >= 0.6 is 24.0 Å². The van der Waals surface area contributed by atoms with Gasteiger partial charge < -0.3 is 10.6 Å². The Hall–Kier alpha value is 0. The Balaban J connectivity index is 0.00000289. The fraction of sp³-hybridized carbons (Fsp3) is 0.929. The van der Waals surface area contributed by atoms with Gasteiger partial charge in [0, 0.05) is 19.6 Å². The van der Waals surface area contributed by atoms with E-state index in [1.807, 2.05) is 0 Å². The minimum Gasteiger partial charge on any atom is -0.357 e. The molecule has 0 bridgehead atoms. The normalized spacial score (nSPS) is 15.1. The van der Waals surface area contributed by atoms with E-state index in [0.717, 1.165) is 31.5 Å². The zero-order chi connectivity index (χ0) is 12.3. The maximum atomic E-state index is 4.60. The molecule has 0 aromatic carbocycles. The molecule has 3 nitrogen and oxygen atoms in total. The molecule has 0 spiro atoms. The first-order valence-electron chi connectivity index (χ1n) is 7.39. The summed E-state index contributed by atoms with van der Waals surface area (Å²) < 4.78 is 0. The number of hydrogen-bond acceptors (Lipinski definition) is 1. The van der Waals surface area contributed by atoms with Gasteiger partial charge in [0.15, 0.2) is 5.96 Å². The van der Waals surface area contributed by atoms with Gasteiger partial charge in [-0.2, -0.15) is 0 Å². The number of guanidine groups is 1. The number of rotatable bonds is 9. The molecule has 0 saturated heterocycles. The molecule has 0 amide bonds. The molecule has 0 atom stereocenters. The lowest BCUT2D eigenvalue weighted by molar-refractivity contribution is 0.662. The molecule has 1 aliphatic carbocycles. The van der Waals surface area contributed by atoms with E-state index in [1.165, 1.54) is 44.9 Å². The second-order valence-corrected chi connectivity index (χ2v) is 4.98. The van der Waals surface area contributed by atoms with Crippen LogP contribution in [-0.4, -0.2) is 25.6 Å². The molecule has 0 heterocycles. The van der Waals surface area contributed by atoms with Crippen molar-refractivity contribution in [2.24, 2.45) is 10.9 Å². The molecule has 2 N–H and O–H groups in total. The van der Waals surface area contributed by atoms with E-state index in [2.05, 4.69) is 29.5 Å². The number of nitrogens with zero attached hydrogens (tertiary/aromatic N) is 1. The molecule has 0 unspecified atom stereocenters. The fourth-order valence-corrected chi connectivity index (χ4v) is 1.87. The first-order chi connectivity index (χ1) is 8.36. The smallest absolute Gasteiger partial charge is 0.191 e. The van der Waals surface area contributed by atoms with E-state index in [-0.39, 0.29) is 24.0 Å². The van der Waals surface area contributed by atoms with Crippen LogP contribution in [0.3, 0.4) is 0 Å². The van der Waals surface area contributed by atoms with Gasteiger partial charge in [-0.25, -0.2) is 0 Å². The zero-order valence-electron chi connectivity index (χ0n) is 12.0. The van der Waals surface area contributed by atoms with Crippen molar-refractivity contribution in [3.63, 3.8) is 0 Å². The Morgan fingerprint density at radius 2 is 1.89 bits per heavy atom. The molecule has 0 aromatic rings. The van der Waals surface area contributed by atoms with Gasteiger partial charge in [0.05, 0.1) is 0 Å². The lowest BCUT2D eigenvalue weighted by Gasteiger charge is -2.10. The molecular formula is C14H30IN3. The van der Waals surface area contributed by atoms with Crippen molar-refractivity contribution >= 4 is 29.9 Å². The van der Waals surface area contributed by atoms with Gasteiger partial charge in [0.1, 0.15) is 0 Å². The van der Waals surface area contributed by atoms with E-state index in [9.17, 15) is 0 Å². The summed E-state index contributed by atoms with van der Waals surface area (Å²) in [6, 6.07) is 0. The van der Waals surface area contributed by atoms with Crippen molar-refractivity contribution in [1.29, 1.82) is 0 Å². The number of unbranched alkanes of at least 4 members (excludes halogenated alkanes) is 3. The standard InChI is InChI=1S/C14H29N3.HI/c1-3-5-6-7-11-16-14(15-4-2)17-12-10-13-8-9-13;/h13H,3-12H2,1-2H3,(H2,15,16,17);1H. The largest absolute Gasteiger partial charge is 0.357 e. The lowest BCUT2D eigenvalue weighted by atomic mass is 10.2. The van der Waals surface area contributed by atoms with E-state index < -0.39 is 0 Å². The third-order valence-corrected chi connectivity index (χ3v) is 3.17. The molecule has 0 aromatic heterocycles. The summed E-state index contributed by atoms with van der Waals surface area (Å²) in [5.41, 5.74) is 0. The Morgan fingerprint density at radius 3 is 2.50 bits per heavy atom. The highest BCUT2D eigenvalue weighted by atomic mass is 127. The maximum absolute atomic E-state index is 4.60. The van der Waals surface area contributed by atoms with Crippen molar-refractivity contribution in [2.75, 3.05) is 19.6 Å². The average Bonchev–Trinajstić information content (AvgIpc) is 3.13. The first kappa shape index (κ1) is 18.0. The summed E-state index contributed by atoms with van der Waals surface area (Å²) in [6.45, 7) is 7.34. The van der Waals surface area contributed by atoms with E-state index >= 15 is 0 Å². The molecule has 1 fully saturated rings. The topological polar surface area (TPSA) is 36.4 Å². The molecule has 0 aliphatic heterocycles. The van der Waals surface area contributed by atoms with Gasteiger partial charge in [-0.3, -0.25) is 4.99 Å². The summed E-state index contributed by atoms with van der Waals surface area (Å²) in [7, 11) is 0. The number of nitrogens with one attached hydrogen (secondary N) is 2. The maximum Gasteiger partial charge on any atom is 0.191 e. The van der Waals surface area contributed by atoms with Crippen LogP contribution < -0.4 is 10.6 Å². The summed E-state index contributed by atoms with van der Waals surface area (Å²) >= 11 is 0. The molecule has 4 heteroatoms. The second-order valence-electron chi connectivity index (χ2n) is 4.98. The van der Waals surface area contributed by atoms with Crippen LogP contribution in [0.15, 0.2) is 4.99 Å². The summed E-state index contributed by atoms with van der Waals surface area (Å²) in [6.07, 6.45) is 9.33. The van der Waals surface area contributed by atoms with Gasteiger partial charge in [-0.1, -0.05) is 39.0 Å². The van der Waals surface area contributed by atoms with Crippen LogP contribution in [0.2, 0.25) is 0 Å². The number of aliphatic imine (C=N–C) groups is 1. The molecule has 1 aliphatic rings. The Kier molecular flexibility index (Phi) is 12.1. The quantitative estimate of drug-likeness (QED) is 0.283. The van der Waals surface area contributed by atoms with E-state index in [1.54, 1.807) is 0 Å².